The van der Waals surface area contributed by atoms with Gasteiger partial charge in [0, 0.05) is 48.7 Å². The Balaban J connectivity index is 1.77. The van der Waals surface area contributed by atoms with Crippen molar-refractivity contribution in [1.29, 1.82) is 0 Å². The van der Waals surface area contributed by atoms with Crippen LogP contribution < -0.4 is 10.2 Å². The molecule has 2 aromatic rings. The Morgan fingerprint density at radius 3 is 2.76 bits per heavy atom. The molecule has 2 aromatic heterocycles. The van der Waals surface area contributed by atoms with Gasteiger partial charge in [-0.15, -0.1) is 0 Å². The van der Waals surface area contributed by atoms with Gasteiger partial charge in [0.2, 0.25) is 11.9 Å². The smallest absolute Gasteiger partial charge is 0.224 e. The number of nitrogens with one attached hydrogen (secondary N) is 1. The minimum atomic E-state index is 0.0340. The van der Waals surface area contributed by atoms with Crippen molar-refractivity contribution in [2.75, 3.05) is 10.2 Å². The second-order valence-electron chi connectivity index (χ2n) is 7.15. The van der Waals surface area contributed by atoms with E-state index >= 15 is 0 Å². The van der Waals surface area contributed by atoms with Crippen LogP contribution in [0.1, 0.15) is 44.0 Å². The van der Waals surface area contributed by atoms with E-state index in [0.29, 0.717) is 11.9 Å². The van der Waals surface area contributed by atoms with Crippen LogP contribution in [0.15, 0.2) is 30.7 Å². The Morgan fingerprint density at radius 1 is 1.28 bits per heavy atom. The molecule has 1 amide bonds. The molecule has 0 spiro atoms. The van der Waals surface area contributed by atoms with Crippen molar-refractivity contribution >= 4 is 17.5 Å². The molecule has 1 saturated carbocycles. The van der Waals surface area contributed by atoms with Gasteiger partial charge in [-0.2, -0.15) is 0 Å². The molecule has 0 saturated heterocycles. The number of carbonyl (C=O) groups excluding carboxylic acids is 1. The highest BCUT2D eigenvalue weighted by Crippen LogP contribution is 2.49. The van der Waals surface area contributed by atoms with Crippen LogP contribution in [-0.2, 0) is 4.79 Å². The highest BCUT2D eigenvalue weighted by molar-refractivity contribution is 5.94. The largest absolute Gasteiger partial charge is 0.347 e. The highest BCUT2D eigenvalue weighted by atomic mass is 16.2. The summed E-state index contributed by atoms with van der Waals surface area (Å²) >= 11 is 0. The monoisotopic (exact) mass is 337 g/mol. The van der Waals surface area contributed by atoms with Crippen LogP contribution >= 0.6 is 0 Å². The van der Waals surface area contributed by atoms with E-state index in [1.54, 1.807) is 19.3 Å². The number of hydrogen-bond donors (Lipinski definition) is 1. The maximum Gasteiger partial charge on any atom is 0.224 e. The minimum absolute atomic E-state index is 0.0340. The SMILES string of the molecule is CC(=O)N1c2ccncc2C(Nc2nccc(C)n2)[C@@H](C)C1C1CC1. The lowest BCUT2D eigenvalue weighted by Gasteiger charge is -2.45. The van der Waals surface area contributed by atoms with Crippen molar-refractivity contribution in [1.82, 2.24) is 15.0 Å². The van der Waals surface area contributed by atoms with Crippen LogP contribution in [0, 0.1) is 18.8 Å². The van der Waals surface area contributed by atoms with Crippen LogP contribution in [0.5, 0.6) is 0 Å². The summed E-state index contributed by atoms with van der Waals surface area (Å²) in [6.45, 7) is 5.82. The molecule has 6 heteroatoms. The van der Waals surface area contributed by atoms with E-state index in [1.807, 2.05) is 30.2 Å². The van der Waals surface area contributed by atoms with Crippen LogP contribution in [0.25, 0.3) is 0 Å². The fourth-order valence-corrected chi connectivity index (χ4v) is 4.06. The maximum atomic E-state index is 12.4. The fraction of sp³-hybridized carbons (Fsp3) is 0.474. The van der Waals surface area contributed by atoms with Crippen molar-refractivity contribution in [2.24, 2.45) is 11.8 Å². The Bertz CT molecular complexity index is 804. The first kappa shape index (κ1) is 16.0. The summed E-state index contributed by atoms with van der Waals surface area (Å²) in [7, 11) is 0. The lowest BCUT2D eigenvalue weighted by Crippen LogP contribution is -2.51. The van der Waals surface area contributed by atoms with E-state index in [1.165, 1.54) is 12.8 Å². The zero-order valence-corrected chi connectivity index (χ0v) is 14.8. The third kappa shape index (κ3) is 2.86. The van der Waals surface area contributed by atoms with Crippen molar-refractivity contribution in [3.05, 3.63) is 42.0 Å². The molecule has 6 nitrogen and oxygen atoms in total. The highest BCUT2D eigenvalue weighted by Gasteiger charge is 2.47. The van der Waals surface area contributed by atoms with Crippen LogP contribution in [-0.4, -0.2) is 26.9 Å². The standard InChI is InChI=1S/C19H23N5O/c1-11-6-9-21-19(22-11)23-17-12(2)18(14-4-5-14)24(13(3)25)16-7-8-20-10-15(16)17/h6-10,12,14,17-18H,4-5H2,1-3H3,(H,21,22,23)/t12-,17?,18?/m1/s1. The molecule has 3 atom stereocenters. The number of nitrogens with zero attached hydrogens (tertiary/aromatic N) is 4. The van der Waals surface area contributed by atoms with Gasteiger partial charge in [0.25, 0.3) is 0 Å². The average Bonchev–Trinajstić information content (AvgIpc) is 3.41. The number of hydrogen-bond acceptors (Lipinski definition) is 5. The minimum Gasteiger partial charge on any atom is -0.347 e. The fourth-order valence-electron chi connectivity index (χ4n) is 4.06. The number of aromatic nitrogens is 3. The van der Waals surface area contributed by atoms with E-state index in [0.717, 1.165) is 16.9 Å². The van der Waals surface area contributed by atoms with Crippen LogP contribution in [0.2, 0.25) is 0 Å². The number of pyridine rings is 1. The lowest BCUT2D eigenvalue weighted by atomic mass is 9.80. The zero-order chi connectivity index (χ0) is 17.6. The van der Waals surface area contributed by atoms with E-state index in [4.69, 9.17) is 0 Å². The Morgan fingerprint density at radius 2 is 2.08 bits per heavy atom. The lowest BCUT2D eigenvalue weighted by molar-refractivity contribution is -0.117. The van der Waals surface area contributed by atoms with Crippen molar-refractivity contribution in [3.8, 4) is 0 Å². The normalized spacial score (nSPS) is 25.4. The van der Waals surface area contributed by atoms with Gasteiger partial charge in [-0.05, 0) is 37.8 Å². The van der Waals surface area contributed by atoms with E-state index < -0.39 is 0 Å². The Hall–Kier alpha value is -2.50. The molecule has 1 N–H and O–H groups in total. The second-order valence-corrected chi connectivity index (χ2v) is 7.15. The predicted octanol–water partition coefficient (Wildman–Crippen LogP) is 3.11. The van der Waals surface area contributed by atoms with Crippen LogP contribution in [0.4, 0.5) is 11.6 Å². The van der Waals surface area contributed by atoms with Crippen LogP contribution in [0.3, 0.4) is 0 Å². The number of amides is 1. The Kier molecular flexibility index (Phi) is 3.90. The van der Waals surface area contributed by atoms with E-state index in [2.05, 4.69) is 27.2 Å². The number of aryl methyl sites for hydroxylation is 1. The molecule has 130 valence electrons. The van der Waals surface area contributed by atoms with E-state index in [-0.39, 0.29) is 23.9 Å². The number of rotatable bonds is 3. The summed E-state index contributed by atoms with van der Waals surface area (Å²) in [5.74, 6) is 1.54. The summed E-state index contributed by atoms with van der Waals surface area (Å²) in [5.41, 5.74) is 2.92. The molecule has 4 rings (SSSR count). The summed E-state index contributed by atoms with van der Waals surface area (Å²) in [6.07, 6.45) is 7.76. The molecule has 25 heavy (non-hydrogen) atoms. The van der Waals surface area contributed by atoms with Gasteiger partial charge < -0.3 is 10.2 Å². The molecule has 2 unspecified atom stereocenters. The molecule has 1 fully saturated rings. The quantitative estimate of drug-likeness (QED) is 0.932. The summed E-state index contributed by atoms with van der Waals surface area (Å²) < 4.78 is 0. The summed E-state index contributed by atoms with van der Waals surface area (Å²) in [6, 6.07) is 4.07. The zero-order valence-electron chi connectivity index (χ0n) is 14.8. The van der Waals surface area contributed by atoms with Crippen molar-refractivity contribution < 1.29 is 4.79 Å². The van der Waals surface area contributed by atoms with Gasteiger partial charge in [-0.3, -0.25) is 9.78 Å². The molecule has 1 aliphatic heterocycles. The van der Waals surface area contributed by atoms with Crippen molar-refractivity contribution in [3.63, 3.8) is 0 Å². The van der Waals surface area contributed by atoms with Gasteiger partial charge in [-0.1, -0.05) is 6.92 Å². The second kappa shape index (κ2) is 6.10. The Labute approximate surface area is 147 Å². The van der Waals surface area contributed by atoms with Crippen molar-refractivity contribution in [2.45, 2.75) is 45.7 Å². The number of anilines is 2. The third-order valence-corrected chi connectivity index (χ3v) is 5.31. The van der Waals surface area contributed by atoms with Gasteiger partial charge in [-0.25, -0.2) is 9.97 Å². The number of fused-ring (bicyclic) bond motifs is 1. The number of carbonyl (C=O) groups is 1. The molecule has 2 aliphatic rings. The molecule has 0 bridgehead atoms. The first-order valence-electron chi connectivity index (χ1n) is 8.86. The molecule has 3 heterocycles. The van der Waals surface area contributed by atoms with E-state index in [9.17, 15) is 4.79 Å². The first-order chi connectivity index (χ1) is 12.1. The molecule has 0 aromatic carbocycles. The van der Waals surface area contributed by atoms with Gasteiger partial charge in [0.15, 0.2) is 0 Å². The maximum absolute atomic E-state index is 12.4. The third-order valence-electron chi connectivity index (χ3n) is 5.31. The molecular weight excluding hydrogens is 314 g/mol. The predicted molar refractivity (Wildman–Crippen MR) is 96.2 cm³/mol. The topological polar surface area (TPSA) is 71.0 Å². The average molecular weight is 337 g/mol. The molecular formula is C19H23N5O. The molecule has 1 aliphatic carbocycles. The summed E-state index contributed by atoms with van der Waals surface area (Å²) in [4.78, 5) is 27.6. The first-order valence-corrected chi connectivity index (χ1v) is 8.86. The van der Waals surface area contributed by atoms with Gasteiger partial charge in [0.05, 0.1) is 11.7 Å². The summed E-state index contributed by atoms with van der Waals surface area (Å²) in [5, 5.41) is 3.50. The van der Waals surface area contributed by atoms with Gasteiger partial charge in [0.1, 0.15) is 0 Å². The van der Waals surface area contributed by atoms with Gasteiger partial charge >= 0.3 is 0 Å². The molecule has 0 radical (unpaired) electrons.